The summed E-state index contributed by atoms with van der Waals surface area (Å²) < 4.78 is 34.5. The summed E-state index contributed by atoms with van der Waals surface area (Å²) in [6.45, 7) is 4.56. The highest BCUT2D eigenvalue weighted by atomic mass is 19.2. The molecule has 4 heteroatoms. The first-order chi connectivity index (χ1) is 13.0. The van der Waals surface area contributed by atoms with Crippen molar-refractivity contribution >= 4 is 5.78 Å². The Bertz CT molecular complexity index is 520. The fourth-order valence-corrected chi connectivity index (χ4v) is 4.32. The molecule has 2 aliphatic carbocycles. The molecule has 0 radical (unpaired) electrons. The Balaban J connectivity index is 1.96. The molecule has 0 aliphatic heterocycles. The first-order valence-corrected chi connectivity index (χ1v) is 10.9. The van der Waals surface area contributed by atoms with Crippen LogP contribution in [0.3, 0.4) is 0 Å². The van der Waals surface area contributed by atoms with Crippen LogP contribution in [0.25, 0.3) is 0 Å². The second-order valence-corrected chi connectivity index (χ2v) is 8.28. The molecule has 2 unspecified atom stereocenters. The maximum atomic E-state index is 14.8. The topological polar surface area (TPSA) is 26.3 Å². The number of hydrogen-bond donors (Lipinski definition) is 0. The highest BCUT2D eigenvalue weighted by Crippen LogP contribution is 2.38. The first-order valence-electron chi connectivity index (χ1n) is 10.9. The van der Waals surface area contributed by atoms with Crippen molar-refractivity contribution in [2.24, 2.45) is 11.8 Å². The number of ketones is 1. The second kappa shape index (κ2) is 11.1. The molecule has 0 spiro atoms. The van der Waals surface area contributed by atoms with E-state index in [1.807, 2.05) is 0 Å². The quantitative estimate of drug-likeness (QED) is 0.374. The van der Waals surface area contributed by atoms with Gasteiger partial charge in [-0.1, -0.05) is 64.9 Å². The maximum absolute atomic E-state index is 14.8. The minimum atomic E-state index is -2.03. The highest BCUT2D eigenvalue weighted by Gasteiger charge is 2.49. The summed E-state index contributed by atoms with van der Waals surface area (Å²) in [5.41, 5.74) is -1.77. The Labute approximate surface area is 163 Å². The van der Waals surface area contributed by atoms with Crippen LogP contribution in [-0.4, -0.2) is 24.2 Å². The zero-order valence-corrected chi connectivity index (χ0v) is 17.0. The van der Waals surface area contributed by atoms with E-state index in [2.05, 4.69) is 13.8 Å². The lowest BCUT2D eigenvalue weighted by Gasteiger charge is -2.36. The lowest BCUT2D eigenvalue weighted by molar-refractivity contribution is -0.147. The number of hydrogen-bond acceptors (Lipinski definition) is 2. The molecule has 0 bridgehead atoms. The van der Waals surface area contributed by atoms with Crippen LogP contribution in [-0.2, 0) is 9.53 Å². The molecule has 1 saturated carbocycles. The summed E-state index contributed by atoms with van der Waals surface area (Å²) in [6, 6.07) is 0. The average Bonchev–Trinajstić information content (AvgIpc) is 2.68. The predicted molar refractivity (Wildman–Crippen MR) is 106 cm³/mol. The van der Waals surface area contributed by atoms with E-state index in [-0.39, 0.29) is 24.7 Å². The van der Waals surface area contributed by atoms with Gasteiger partial charge in [0, 0.05) is 13.0 Å². The van der Waals surface area contributed by atoms with E-state index in [1.165, 1.54) is 31.4 Å². The van der Waals surface area contributed by atoms with Crippen molar-refractivity contribution < 1.29 is 18.3 Å². The number of carbonyl (C=O) groups excluding carboxylic acids is 1. The van der Waals surface area contributed by atoms with E-state index in [1.54, 1.807) is 0 Å². The molecule has 1 fully saturated rings. The molecule has 0 aromatic carbocycles. The van der Waals surface area contributed by atoms with Gasteiger partial charge in [0.2, 0.25) is 0 Å². The molecule has 0 saturated heterocycles. The van der Waals surface area contributed by atoms with Gasteiger partial charge in [-0.05, 0) is 43.3 Å². The maximum Gasteiger partial charge on any atom is 0.191 e. The predicted octanol–water partition coefficient (Wildman–Crippen LogP) is 6.65. The van der Waals surface area contributed by atoms with Gasteiger partial charge >= 0.3 is 0 Å². The number of ether oxygens (including phenoxy) is 1. The summed E-state index contributed by atoms with van der Waals surface area (Å²) in [4.78, 5) is 13.1. The summed E-state index contributed by atoms with van der Waals surface area (Å²) in [5, 5.41) is 0. The monoisotopic (exact) mass is 382 g/mol. The van der Waals surface area contributed by atoms with Gasteiger partial charge in [0.05, 0.1) is 0 Å². The molecule has 0 amide bonds. The summed E-state index contributed by atoms with van der Waals surface area (Å²) >= 11 is 0. The van der Waals surface area contributed by atoms with Crippen LogP contribution in [0, 0.1) is 11.8 Å². The van der Waals surface area contributed by atoms with Gasteiger partial charge in [-0.25, -0.2) is 8.78 Å². The molecule has 2 atom stereocenters. The van der Waals surface area contributed by atoms with E-state index in [9.17, 15) is 13.6 Å². The number of Topliss-reactive ketones (excluding diaryl/α,β-unsaturated/α-hetero) is 1. The van der Waals surface area contributed by atoms with Crippen LogP contribution in [0.5, 0.6) is 0 Å². The molecule has 27 heavy (non-hydrogen) atoms. The SMILES string of the molecule is CCCCCOC1(C(=O)C[C@H]2CC[C@H](CCCC)CC2)C=CC=C(F)C1F. The van der Waals surface area contributed by atoms with E-state index in [0.29, 0.717) is 0 Å². The smallest absolute Gasteiger partial charge is 0.191 e. The van der Waals surface area contributed by atoms with Crippen molar-refractivity contribution in [1.82, 2.24) is 0 Å². The third-order valence-corrected chi connectivity index (χ3v) is 6.15. The van der Waals surface area contributed by atoms with Gasteiger partial charge < -0.3 is 4.74 Å². The van der Waals surface area contributed by atoms with Crippen molar-refractivity contribution in [1.29, 1.82) is 0 Å². The summed E-state index contributed by atoms with van der Waals surface area (Å²) in [5.74, 6) is -0.187. The Morgan fingerprint density at radius 2 is 1.78 bits per heavy atom. The van der Waals surface area contributed by atoms with Gasteiger partial charge in [0.25, 0.3) is 0 Å². The van der Waals surface area contributed by atoms with Gasteiger partial charge in [-0.2, -0.15) is 0 Å². The van der Waals surface area contributed by atoms with E-state index in [4.69, 9.17) is 4.74 Å². The van der Waals surface area contributed by atoms with Crippen LogP contribution < -0.4 is 0 Å². The van der Waals surface area contributed by atoms with Gasteiger partial charge in [-0.3, -0.25) is 4.79 Å². The zero-order chi connectivity index (χ0) is 19.7. The number of halogens is 2. The number of alkyl halides is 1. The number of rotatable bonds is 11. The molecule has 154 valence electrons. The lowest BCUT2D eigenvalue weighted by atomic mass is 9.75. The molecule has 2 aliphatic rings. The van der Waals surface area contributed by atoms with E-state index in [0.717, 1.165) is 56.9 Å². The lowest BCUT2D eigenvalue weighted by Crippen LogP contribution is -2.50. The molecule has 2 rings (SSSR count). The van der Waals surface area contributed by atoms with Crippen molar-refractivity contribution in [3.05, 3.63) is 24.1 Å². The molecule has 2 nitrogen and oxygen atoms in total. The molecule has 0 aromatic rings. The normalized spacial score (nSPS) is 31.0. The van der Waals surface area contributed by atoms with Gasteiger partial charge in [-0.15, -0.1) is 0 Å². The molecule has 0 N–H and O–H groups in total. The minimum absolute atomic E-state index is 0.265. The van der Waals surface area contributed by atoms with Crippen LogP contribution in [0.4, 0.5) is 8.78 Å². The Kier molecular flexibility index (Phi) is 9.14. The third kappa shape index (κ3) is 5.97. The van der Waals surface area contributed by atoms with Crippen LogP contribution >= 0.6 is 0 Å². The number of carbonyl (C=O) groups is 1. The fourth-order valence-electron chi connectivity index (χ4n) is 4.32. The minimum Gasteiger partial charge on any atom is -0.359 e. The largest absolute Gasteiger partial charge is 0.359 e. The standard InChI is InChI=1S/C23H36F2O2/c1-3-5-7-16-27-23(15-8-10-20(24)22(23)25)21(26)17-19-13-11-18(12-14-19)9-6-4-2/h8,10,15,18-19,22H,3-7,9,11-14,16-17H2,1-2H3/t18-,19-,22?,23?. The van der Waals surface area contributed by atoms with Crippen molar-refractivity contribution in [3.8, 4) is 0 Å². The Hall–Kier alpha value is -1.03. The Morgan fingerprint density at radius 1 is 1.11 bits per heavy atom. The summed E-state index contributed by atoms with van der Waals surface area (Å²) in [7, 11) is 0. The first kappa shape index (κ1) is 22.3. The van der Waals surface area contributed by atoms with Crippen molar-refractivity contribution in [2.75, 3.05) is 6.61 Å². The van der Waals surface area contributed by atoms with Gasteiger partial charge in [0.15, 0.2) is 17.6 Å². The molecular formula is C23H36F2O2. The van der Waals surface area contributed by atoms with Crippen molar-refractivity contribution in [3.63, 3.8) is 0 Å². The zero-order valence-electron chi connectivity index (χ0n) is 17.0. The Morgan fingerprint density at radius 3 is 2.44 bits per heavy atom. The fraction of sp³-hybridized carbons (Fsp3) is 0.783. The average molecular weight is 383 g/mol. The summed E-state index contributed by atoms with van der Waals surface area (Å²) in [6.07, 6.45) is 13.0. The van der Waals surface area contributed by atoms with Crippen LogP contribution in [0.15, 0.2) is 24.1 Å². The van der Waals surface area contributed by atoms with E-state index >= 15 is 0 Å². The molecule has 0 heterocycles. The second-order valence-electron chi connectivity index (χ2n) is 8.28. The highest BCUT2D eigenvalue weighted by molar-refractivity contribution is 5.91. The molecule has 0 aromatic heterocycles. The number of allylic oxidation sites excluding steroid dienone is 2. The molecular weight excluding hydrogens is 346 g/mol. The van der Waals surface area contributed by atoms with Crippen LogP contribution in [0.1, 0.15) is 84.5 Å². The van der Waals surface area contributed by atoms with E-state index < -0.39 is 17.6 Å². The van der Waals surface area contributed by atoms with Crippen LogP contribution in [0.2, 0.25) is 0 Å². The number of unbranched alkanes of at least 4 members (excludes halogenated alkanes) is 3. The van der Waals surface area contributed by atoms with Crippen molar-refractivity contribution in [2.45, 2.75) is 96.2 Å². The third-order valence-electron chi connectivity index (χ3n) is 6.15. The van der Waals surface area contributed by atoms with Gasteiger partial charge in [0.1, 0.15) is 5.83 Å².